The molecule has 3 aromatic rings. The molecule has 7 nitrogen and oxygen atoms in total. The summed E-state index contributed by atoms with van der Waals surface area (Å²) in [4.78, 5) is 2.50. The van der Waals surface area contributed by atoms with Crippen LogP contribution < -0.4 is 0 Å². The number of hydrogen-bond acceptors (Lipinski definition) is 5. The maximum atomic E-state index is 12.1. The predicted octanol–water partition coefficient (Wildman–Crippen LogP) is 3.07. The van der Waals surface area contributed by atoms with Gasteiger partial charge in [0.2, 0.25) is 0 Å². The number of benzene rings is 1. The van der Waals surface area contributed by atoms with Crippen LogP contribution >= 0.6 is 0 Å². The van der Waals surface area contributed by atoms with Crippen molar-refractivity contribution in [2.75, 3.05) is 24.6 Å². The van der Waals surface area contributed by atoms with Gasteiger partial charge in [-0.2, -0.15) is 10.2 Å². The molecular formula is C24H31N5O2S. The lowest BCUT2D eigenvalue weighted by atomic mass is 9.91. The Labute approximate surface area is 189 Å². The maximum Gasteiger partial charge on any atom is 0.151 e. The summed E-state index contributed by atoms with van der Waals surface area (Å²) in [7, 11) is -0.924. The average Bonchev–Trinajstić information content (AvgIpc) is 3.48. The van der Waals surface area contributed by atoms with Crippen molar-refractivity contribution in [3.05, 3.63) is 41.9 Å². The second-order valence-electron chi connectivity index (χ2n) is 10.2. The van der Waals surface area contributed by atoms with Crippen LogP contribution in [0.25, 0.3) is 16.6 Å². The topological polar surface area (TPSA) is 73.0 Å². The summed E-state index contributed by atoms with van der Waals surface area (Å²) in [5.74, 6) is 2.68. The van der Waals surface area contributed by atoms with E-state index >= 15 is 0 Å². The van der Waals surface area contributed by atoms with Gasteiger partial charge in [0.05, 0.1) is 35.6 Å². The van der Waals surface area contributed by atoms with Crippen molar-refractivity contribution in [3.63, 3.8) is 0 Å². The number of sulfone groups is 1. The van der Waals surface area contributed by atoms with Gasteiger partial charge in [-0.1, -0.05) is 0 Å². The Morgan fingerprint density at radius 2 is 1.84 bits per heavy atom. The highest BCUT2D eigenvalue weighted by molar-refractivity contribution is 7.91. The zero-order valence-corrected chi connectivity index (χ0v) is 19.6. The minimum atomic E-state index is -2.85. The largest absolute Gasteiger partial charge is 0.299 e. The first-order chi connectivity index (χ1) is 15.4. The summed E-state index contributed by atoms with van der Waals surface area (Å²) in [5.41, 5.74) is 4.93. The van der Waals surface area contributed by atoms with Crippen LogP contribution in [0.1, 0.15) is 42.7 Å². The highest BCUT2D eigenvalue weighted by Crippen LogP contribution is 2.48. The second kappa shape index (κ2) is 7.42. The van der Waals surface area contributed by atoms with Gasteiger partial charge < -0.3 is 0 Å². The quantitative estimate of drug-likeness (QED) is 0.609. The fourth-order valence-electron chi connectivity index (χ4n) is 6.54. The van der Waals surface area contributed by atoms with Crippen LogP contribution in [0.4, 0.5) is 0 Å². The van der Waals surface area contributed by atoms with Crippen LogP contribution in [0.15, 0.2) is 30.7 Å². The molecule has 4 heterocycles. The Hall–Kier alpha value is -2.19. The van der Waals surface area contributed by atoms with Crippen molar-refractivity contribution >= 4 is 20.7 Å². The normalized spacial score (nSPS) is 30.2. The molecule has 170 valence electrons. The standard InChI is InChI=1S/C24H31N5O2S/c1-16-6-18-10-26-29(22-11-25-27(2)14-22)24(18)9-23(16)17-7-19-12-28(13-20(19)8-17)21-4-3-5-32(30,31)15-21/h6,9-11,14,17,19-21H,3-5,7-8,12-13,15H2,1-2H3. The molecule has 2 aliphatic heterocycles. The van der Waals surface area contributed by atoms with Crippen molar-refractivity contribution in [3.8, 4) is 5.69 Å². The second-order valence-corrected chi connectivity index (χ2v) is 12.5. The lowest BCUT2D eigenvalue weighted by Crippen LogP contribution is -2.42. The maximum absolute atomic E-state index is 12.1. The number of rotatable bonds is 3. The third kappa shape index (κ3) is 3.48. The molecule has 2 saturated heterocycles. The summed E-state index contributed by atoms with van der Waals surface area (Å²) in [6, 6.07) is 4.87. The molecule has 8 heteroatoms. The first-order valence-electron chi connectivity index (χ1n) is 11.8. The smallest absolute Gasteiger partial charge is 0.151 e. The lowest BCUT2D eigenvalue weighted by molar-refractivity contribution is 0.223. The molecule has 0 N–H and O–H groups in total. The number of likely N-dealkylation sites (tertiary alicyclic amines) is 1. The van der Waals surface area contributed by atoms with Gasteiger partial charge in [-0.15, -0.1) is 0 Å². The van der Waals surface area contributed by atoms with Gasteiger partial charge in [0.1, 0.15) is 5.69 Å². The van der Waals surface area contributed by atoms with Crippen molar-refractivity contribution in [2.24, 2.45) is 18.9 Å². The molecule has 1 saturated carbocycles. The fraction of sp³-hybridized carbons (Fsp3) is 0.583. The molecule has 6 rings (SSSR count). The molecule has 0 amide bonds. The van der Waals surface area contributed by atoms with Crippen LogP contribution in [0, 0.1) is 18.8 Å². The van der Waals surface area contributed by atoms with E-state index in [1.165, 1.54) is 24.0 Å². The van der Waals surface area contributed by atoms with E-state index in [0.29, 0.717) is 29.3 Å². The summed E-state index contributed by atoms with van der Waals surface area (Å²) in [6.45, 7) is 4.36. The molecular weight excluding hydrogens is 422 g/mol. The Balaban J connectivity index is 1.22. The van der Waals surface area contributed by atoms with E-state index in [2.05, 4.69) is 34.2 Å². The number of fused-ring (bicyclic) bond motifs is 2. The van der Waals surface area contributed by atoms with E-state index in [9.17, 15) is 8.42 Å². The first-order valence-corrected chi connectivity index (χ1v) is 13.6. The molecule has 2 aromatic heterocycles. The Kier molecular flexibility index (Phi) is 4.73. The summed E-state index contributed by atoms with van der Waals surface area (Å²) in [5, 5.41) is 10.1. The van der Waals surface area contributed by atoms with Crippen LogP contribution in [0.5, 0.6) is 0 Å². The van der Waals surface area contributed by atoms with Crippen LogP contribution in [0.3, 0.4) is 0 Å². The minimum Gasteiger partial charge on any atom is -0.299 e. The van der Waals surface area contributed by atoms with Gasteiger partial charge in [-0.3, -0.25) is 9.58 Å². The molecule has 0 radical (unpaired) electrons. The van der Waals surface area contributed by atoms with Crippen LogP contribution in [0.2, 0.25) is 0 Å². The van der Waals surface area contributed by atoms with Crippen molar-refractivity contribution in [1.82, 2.24) is 24.5 Å². The Morgan fingerprint density at radius 1 is 1.06 bits per heavy atom. The zero-order valence-electron chi connectivity index (χ0n) is 18.8. The van der Waals surface area contributed by atoms with E-state index in [1.54, 1.807) is 4.68 Å². The van der Waals surface area contributed by atoms with E-state index < -0.39 is 9.84 Å². The third-order valence-electron chi connectivity index (χ3n) is 8.07. The number of hydrogen-bond donors (Lipinski definition) is 0. The molecule has 0 bridgehead atoms. The van der Waals surface area contributed by atoms with Gasteiger partial charge in [0.25, 0.3) is 0 Å². The highest BCUT2D eigenvalue weighted by Gasteiger charge is 2.44. The monoisotopic (exact) mass is 453 g/mol. The van der Waals surface area contributed by atoms with Gasteiger partial charge in [-0.05, 0) is 73.6 Å². The van der Waals surface area contributed by atoms with Gasteiger partial charge >= 0.3 is 0 Å². The van der Waals surface area contributed by atoms with Gasteiger partial charge in [-0.25, -0.2) is 13.1 Å². The SMILES string of the molecule is Cc1cc2cnn(-c3cnn(C)c3)c2cc1C1CC2CN(C3CCCS(=O)(=O)C3)CC2C1. The van der Waals surface area contributed by atoms with Crippen LogP contribution in [-0.4, -0.2) is 63.5 Å². The van der Waals surface area contributed by atoms with Crippen LogP contribution in [-0.2, 0) is 16.9 Å². The molecule has 3 aliphatic rings. The van der Waals surface area contributed by atoms with E-state index in [4.69, 9.17) is 0 Å². The minimum absolute atomic E-state index is 0.240. The molecule has 3 atom stereocenters. The highest BCUT2D eigenvalue weighted by atomic mass is 32.2. The molecule has 32 heavy (non-hydrogen) atoms. The van der Waals surface area contributed by atoms with E-state index in [1.807, 2.05) is 30.3 Å². The molecule has 1 aromatic carbocycles. The average molecular weight is 454 g/mol. The van der Waals surface area contributed by atoms with Crippen molar-refractivity contribution < 1.29 is 8.42 Å². The number of nitrogens with zero attached hydrogens (tertiary/aromatic N) is 5. The van der Waals surface area contributed by atoms with Gasteiger partial charge in [0, 0.05) is 31.6 Å². The van der Waals surface area contributed by atoms with E-state index in [-0.39, 0.29) is 6.04 Å². The molecule has 3 unspecified atom stereocenters. The summed E-state index contributed by atoms with van der Waals surface area (Å²) < 4.78 is 28.0. The van der Waals surface area contributed by atoms with Gasteiger partial charge in [0.15, 0.2) is 9.84 Å². The molecule has 1 aliphatic carbocycles. The third-order valence-corrected chi connectivity index (χ3v) is 9.87. The predicted molar refractivity (Wildman–Crippen MR) is 125 cm³/mol. The lowest BCUT2D eigenvalue weighted by Gasteiger charge is -2.31. The Bertz CT molecular complexity index is 1260. The fourth-order valence-corrected chi connectivity index (χ4v) is 8.28. The molecule has 0 spiro atoms. The zero-order chi connectivity index (χ0) is 22.0. The Morgan fingerprint density at radius 3 is 2.53 bits per heavy atom. The summed E-state index contributed by atoms with van der Waals surface area (Å²) >= 11 is 0. The summed E-state index contributed by atoms with van der Waals surface area (Å²) in [6.07, 6.45) is 10.1. The number of aryl methyl sites for hydroxylation is 2. The first kappa shape index (κ1) is 20.4. The van der Waals surface area contributed by atoms with Crippen molar-refractivity contribution in [2.45, 2.75) is 44.6 Å². The van der Waals surface area contributed by atoms with Crippen molar-refractivity contribution in [1.29, 1.82) is 0 Å². The number of aromatic nitrogens is 4. The van der Waals surface area contributed by atoms with E-state index in [0.717, 1.165) is 42.5 Å². The molecule has 3 fully saturated rings.